The number of nitro benzene ring substituents is 1. The molecule has 0 aromatic heterocycles. The van der Waals surface area contributed by atoms with Crippen LogP contribution in [-0.4, -0.2) is 26.3 Å². The summed E-state index contributed by atoms with van der Waals surface area (Å²) >= 11 is 5.97. The van der Waals surface area contributed by atoms with E-state index in [9.17, 15) is 19.7 Å². The van der Waals surface area contributed by atoms with Gasteiger partial charge in [0.15, 0.2) is 0 Å². The third-order valence-corrected chi connectivity index (χ3v) is 4.22. The number of benzene rings is 1. The summed E-state index contributed by atoms with van der Waals surface area (Å²) in [5, 5.41) is 15.2. The fourth-order valence-electron chi connectivity index (χ4n) is 1.76. The monoisotopic (exact) mass is 325 g/mol. The summed E-state index contributed by atoms with van der Waals surface area (Å²) in [6.45, 7) is 1.73. The number of carbonyl (C=O) groups is 2. The molecule has 2 amide bonds. The zero-order chi connectivity index (χ0) is 15.6. The Morgan fingerprint density at radius 1 is 1.57 bits per heavy atom. The SMILES string of the molecule is Cc1ccc([N+](=O)[O-])cc1NC(=O)CC1SC(=S)NC1=O. The van der Waals surface area contributed by atoms with Crippen molar-refractivity contribution in [1.82, 2.24) is 5.32 Å². The number of rotatable bonds is 4. The van der Waals surface area contributed by atoms with Crippen LogP contribution >= 0.6 is 24.0 Å². The standard InChI is InChI=1S/C12H11N3O4S2/c1-6-2-3-7(15(18)19)4-8(6)13-10(16)5-9-11(17)14-12(20)21-9/h2-4,9H,5H2,1H3,(H,13,16)(H,14,17,20). The molecule has 7 nitrogen and oxygen atoms in total. The topological polar surface area (TPSA) is 101 Å². The van der Waals surface area contributed by atoms with Gasteiger partial charge in [-0.15, -0.1) is 0 Å². The summed E-state index contributed by atoms with van der Waals surface area (Å²) in [6.07, 6.45) is -0.0429. The Balaban J connectivity index is 2.06. The van der Waals surface area contributed by atoms with Crippen molar-refractivity contribution < 1.29 is 14.5 Å². The predicted molar refractivity (Wildman–Crippen MR) is 83.2 cm³/mol. The number of hydrogen-bond donors (Lipinski definition) is 2. The number of thioether (sulfide) groups is 1. The first-order valence-corrected chi connectivity index (χ1v) is 7.22. The second-order valence-electron chi connectivity index (χ2n) is 4.39. The Hall–Kier alpha value is -2.00. The number of nitro groups is 1. The van der Waals surface area contributed by atoms with E-state index in [1.807, 2.05) is 0 Å². The van der Waals surface area contributed by atoms with Gasteiger partial charge in [-0.3, -0.25) is 19.7 Å². The van der Waals surface area contributed by atoms with Crippen molar-refractivity contribution in [3.63, 3.8) is 0 Å². The van der Waals surface area contributed by atoms with E-state index in [2.05, 4.69) is 10.6 Å². The van der Waals surface area contributed by atoms with Gasteiger partial charge in [0.2, 0.25) is 11.8 Å². The number of non-ortho nitro benzene ring substituents is 1. The molecule has 0 radical (unpaired) electrons. The summed E-state index contributed by atoms with van der Waals surface area (Å²) in [6, 6.07) is 4.21. The molecule has 21 heavy (non-hydrogen) atoms. The lowest BCUT2D eigenvalue weighted by Gasteiger charge is -2.09. The first-order chi connectivity index (χ1) is 9.86. The van der Waals surface area contributed by atoms with Gasteiger partial charge in [0.25, 0.3) is 5.69 Å². The summed E-state index contributed by atoms with van der Waals surface area (Å²) in [4.78, 5) is 33.6. The third kappa shape index (κ3) is 3.76. The number of carbonyl (C=O) groups excluding carboxylic acids is 2. The van der Waals surface area contributed by atoms with Crippen LogP contribution in [0.5, 0.6) is 0 Å². The molecule has 0 saturated carbocycles. The molecule has 2 N–H and O–H groups in total. The quantitative estimate of drug-likeness (QED) is 0.497. The highest BCUT2D eigenvalue weighted by molar-refractivity contribution is 8.24. The highest BCUT2D eigenvalue weighted by Gasteiger charge is 2.31. The number of aryl methyl sites for hydroxylation is 1. The van der Waals surface area contributed by atoms with Gasteiger partial charge >= 0.3 is 0 Å². The van der Waals surface area contributed by atoms with Crippen LogP contribution in [0, 0.1) is 17.0 Å². The Labute approximate surface area is 129 Å². The maximum absolute atomic E-state index is 11.9. The minimum atomic E-state index is -0.559. The van der Waals surface area contributed by atoms with Gasteiger partial charge in [-0.25, -0.2) is 0 Å². The van der Waals surface area contributed by atoms with Crippen LogP contribution in [0.4, 0.5) is 11.4 Å². The van der Waals surface area contributed by atoms with Gasteiger partial charge in [-0.05, 0) is 12.5 Å². The average Bonchev–Trinajstić information content (AvgIpc) is 2.70. The summed E-state index contributed by atoms with van der Waals surface area (Å²) in [5.41, 5.74) is 0.957. The van der Waals surface area contributed by atoms with Crippen molar-refractivity contribution in [1.29, 1.82) is 0 Å². The van der Waals surface area contributed by atoms with Crippen molar-refractivity contribution in [2.45, 2.75) is 18.6 Å². The van der Waals surface area contributed by atoms with Crippen molar-refractivity contribution in [3.05, 3.63) is 33.9 Å². The lowest BCUT2D eigenvalue weighted by atomic mass is 10.1. The highest BCUT2D eigenvalue weighted by atomic mass is 32.2. The fraction of sp³-hybridized carbons (Fsp3) is 0.250. The molecule has 9 heteroatoms. The minimum Gasteiger partial charge on any atom is -0.326 e. The maximum atomic E-state index is 11.9. The Morgan fingerprint density at radius 3 is 2.86 bits per heavy atom. The molecule has 1 aliphatic rings. The molecule has 1 aliphatic heterocycles. The number of hydrogen-bond acceptors (Lipinski definition) is 6. The molecule has 0 bridgehead atoms. The normalized spacial score (nSPS) is 17.5. The number of thiocarbonyl (C=S) groups is 1. The number of nitrogens with zero attached hydrogens (tertiary/aromatic N) is 1. The van der Waals surface area contributed by atoms with Crippen LogP contribution < -0.4 is 10.6 Å². The molecule has 1 aromatic rings. The second kappa shape index (κ2) is 6.19. The van der Waals surface area contributed by atoms with Gasteiger partial charge < -0.3 is 10.6 Å². The van der Waals surface area contributed by atoms with Crippen LogP contribution in [0.3, 0.4) is 0 Å². The van der Waals surface area contributed by atoms with E-state index in [1.165, 1.54) is 12.1 Å². The molecule has 1 fully saturated rings. The molecule has 1 aromatic carbocycles. The van der Waals surface area contributed by atoms with E-state index in [-0.39, 0.29) is 18.0 Å². The lowest BCUT2D eigenvalue weighted by molar-refractivity contribution is -0.384. The first kappa shape index (κ1) is 15.4. The summed E-state index contributed by atoms with van der Waals surface area (Å²) < 4.78 is 0.351. The van der Waals surface area contributed by atoms with E-state index in [1.54, 1.807) is 13.0 Å². The molecule has 1 atom stereocenters. The van der Waals surface area contributed by atoms with E-state index in [0.29, 0.717) is 15.6 Å². The zero-order valence-electron chi connectivity index (χ0n) is 10.9. The van der Waals surface area contributed by atoms with Gasteiger partial charge in [-0.1, -0.05) is 30.0 Å². The lowest BCUT2D eigenvalue weighted by Crippen LogP contribution is -2.27. The molecular formula is C12H11N3O4S2. The highest BCUT2D eigenvalue weighted by Crippen LogP contribution is 2.25. The van der Waals surface area contributed by atoms with Crippen LogP contribution in [0.1, 0.15) is 12.0 Å². The van der Waals surface area contributed by atoms with Crippen molar-refractivity contribution >= 4 is 51.5 Å². The van der Waals surface area contributed by atoms with Crippen molar-refractivity contribution in [3.8, 4) is 0 Å². The average molecular weight is 325 g/mol. The summed E-state index contributed by atoms with van der Waals surface area (Å²) in [7, 11) is 0. The summed E-state index contributed by atoms with van der Waals surface area (Å²) in [5.74, 6) is -0.688. The van der Waals surface area contributed by atoms with Crippen LogP contribution in [0.25, 0.3) is 0 Å². The van der Waals surface area contributed by atoms with Gasteiger partial charge in [-0.2, -0.15) is 0 Å². The molecule has 2 rings (SSSR count). The molecule has 1 unspecified atom stereocenters. The smallest absolute Gasteiger partial charge is 0.271 e. The molecule has 1 heterocycles. The van der Waals surface area contributed by atoms with E-state index in [4.69, 9.17) is 12.2 Å². The molecular weight excluding hydrogens is 314 g/mol. The molecule has 0 spiro atoms. The Kier molecular flexibility index (Phi) is 4.53. The number of nitrogens with one attached hydrogen (secondary N) is 2. The van der Waals surface area contributed by atoms with Gasteiger partial charge in [0, 0.05) is 18.6 Å². The van der Waals surface area contributed by atoms with Crippen LogP contribution in [-0.2, 0) is 9.59 Å². The maximum Gasteiger partial charge on any atom is 0.271 e. The van der Waals surface area contributed by atoms with Crippen molar-refractivity contribution in [2.75, 3.05) is 5.32 Å². The van der Waals surface area contributed by atoms with Gasteiger partial charge in [0.05, 0.1) is 15.9 Å². The molecule has 110 valence electrons. The largest absolute Gasteiger partial charge is 0.326 e. The van der Waals surface area contributed by atoms with E-state index >= 15 is 0 Å². The number of amides is 2. The Morgan fingerprint density at radius 2 is 2.29 bits per heavy atom. The molecule has 0 aliphatic carbocycles. The zero-order valence-corrected chi connectivity index (χ0v) is 12.5. The van der Waals surface area contributed by atoms with E-state index in [0.717, 1.165) is 11.8 Å². The Bertz CT molecular complexity index is 647. The van der Waals surface area contributed by atoms with Crippen LogP contribution in [0.2, 0.25) is 0 Å². The third-order valence-electron chi connectivity index (χ3n) is 2.84. The molecule has 1 saturated heterocycles. The van der Waals surface area contributed by atoms with Crippen LogP contribution in [0.15, 0.2) is 18.2 Å². The van der Waals surface area contributed by atoms with E-state index < -0.39 is 16.1 Å². The van der Waals surface area contributed by atoms with Gasteiger partial charge in [0.1, 0.15) is 4.32 Å². The van der Waals surface area contributed by atoms with Crippen molar-refractivity contribution in [2.24, 2.45) is 0 Å². The first-order valence-electron chi connectivity index (χ1n) is 5.93. The minimum absolute atomic E-state index is 0.0429. The number of anilines is 1. The second-order valence-corrected chi connectivity index (χ2v) is 6.27. The fourth-order valence-corrected chi connectivity index (χ4v) is 3.02. The predicted octanol–water partition coefficient (Wildman–Crippen LogP) is 1.75.